The first-order valence-electron chi connectivity index (χ1n) is 8.78. The van der Waals surface area contributed by atoms with E-state index in [1.54, 1.807) is 46.3 Å². The van der Waals surface area contributed by atoms with Gasteiger partial charge in [0.25, 0.3) is 0 Å². The highest BCUT2D eigenvalue weighted by Crippen LogP contribution is 2.33. The van der Waals surface area contributed by atoms with Crippen LogP contribution in [0.3, 0.4) is 0 Å². The molecule has 0 aliphatic rings. The van der Waals surface area contributed by atoms with Crippen LogP contribution >= 0.6 is 11.3 Å². The zero-order valence-electron chi connectivity index (χ0n) is 16.9. The van der Waals surface area contributed by atoms with Gasteiger partial charge >= 0.3 is 5.97 Å². The molecule has 0 saturated carbocycles. The standard InChI is InChI=1S/C21H25NO5S/c1-12(2)27-21(24)19-13(3)14(4)28-20(19)22-18(23)10-8-15-7-9-16(25-5)17(11-15)26-6/h7-12H,1-6H3,(H,22,23). The van der Waals surface area contributed by atoms with Crippen molar-refractivity contribution >= 4 is 34.3 Å². The van der Waals surface area contributed by atoms with Gasteiger partial charge in [0, 0.05) is 11.0 Å². The quantitative estimate of drug-likeness (QED) is 0.540. The van der Waals surface area contributed by atoms with E-state index in [2.05, 4.69) is 5.32 Å². The van der Waals surface area contributed by atoms with Gasteiger partial charge in [-0.1, -0.05) is 6.07 Å². The maximum atomic E-state index is 12.4. The molecule has 0 spiro atoms. The zero-order chi connectivity index (χ0) is 20.8. The van der Waals surface area contributed by atoms with Crippen LogP contribution < -0.4 is 14.8 Å². The Hall–Kier alpha value is -2.80. The number of aryl methyl sites for hydroxylation is 1. The molecule has 2 aromatic rings. The number of rotatable bonds is 7. The summed E-state index contributed by atoms with van der Waals surface area (Å²) in [6, 6.07) is 5.35. The summed E-state index contributed by atoms with van der Waals surface area (Å²) in [7, 11) is 3.12. The van der Waals surface area contributed by atoms with E-state index < -0.39 is 5.97 Å². The van der Waals surface area contributed by atoms with Crippen molar-refractivity contribution in [1.82, 2.24) is 0 Å². The number of anilines is 1. The Morgan fingerprint density at radius 1 is 1.11 bits per heavy atom. The summed E-state index contributed by atoms with van der Waals surface area (Å²) in [4.78, 5) is 25.7. The Kier molecular flexibility index (Phi) is 7.23. The lowest BCUT2D eigenvalue weighted by atomic mass is 10.1. The minimum absolute atomic E-state index is 0.236. The van der Waals surface area contributed by atoms with Crippen molar-refractivity contribution in [2.75, 3.05) is 19.5 Å². The van der Waals surface area contributed by atoms with E-state index in [0.717, 1.165) is 16.0 Å². The van der Waals surface area contributed by atoms with Gasteiger partial charge in [0.15, 0.2) is 11.5 Å². The molecule has 1 aromatic heterocycles. The predicted octanol–water partition coefficient (Wildman–Crippen LogP) is 4.60. The van der Waals surface area contributed by atoms with Crippen LogP contribution in [0.25, 0.3) is 6.08 Å². The summed E-state index contributed by atoms with van der Waals surface area (Å²) < 4.78 is 15.8. The van der Waals surface area contributed by atoms with E-state index in [4.69, 9.17) is 14.2 Å². The molecule has 7 heteroatoms. The van der Waals surface area contributed by atoms with Gasteiger partial charge in [0.1, 0.15) is 5.00 Å². The van der Waals surface area contributed by atoms with Crippen LogP contribution in [-0.2, 0) is 9.53 Å². The first-order chi connectivity index (χ1) is 13.3. The summed E-state index contributed by atoms with van der Waals surface area (Å²) in [6.07, 6.45) is 2.83. The highest BCUT2D eigenvalue weighted by molar-refractivity contribution is 7.16. The van der Waals surface area contributed by atoms with Crippen molar-refractivity contribution < 1.29 is 23.8 Å². The van der Waals surface area contributed by atoms with Gasteiger partial charge in [-0.15, -0.1) is 11.3 Å². The molecule has 0 radical (unpaired) electrons. The lowest BCUT2D eigenvalue weighted by Gasteiger charge is -2.10. The minimum Gasteiger partial charge on any atom is -0.493 e. The van der Waals surface area contributed by atoms with Crippen molar-refractivity contribution in [3.05, 3.63) is 45.8 Å². The first kappa shape index (κ1) is 21.5. The molecule has 0 unspecified atom stereocenters. The lowest BCUT2D eigenvalue weighted by molar-refractivity contribution is -0.111. The molecule has 150 valence electrons. The molecule has 0 aliphatic heterocycles. The van der Waals surface area contributed by atoms with Crippen LogP contribution in [0, 0.1) is 13.8 Å². The third-order valence-electron chi connectivity index (χ3n) is 4.00. The number of carbonyl (C=O) groups excluding carboxylic acids is 2. The topological polar surface area (TPSA) is 73.9 Å². The highest BCUT2D eigenvalue weighted by atomic mass is 32.1. The number of ether oxygens (including phenoxy) is 3. The number of esters is 1. The van der Waals surface area contributed by atoms with Gasteiger partial charge < -0.3 is 19.5 Å². The summed E-state index contributed by atoms with van der Waals surface area (Å²) >= 11 is 1.35. The van der Waals surface area contributed by atoms with Gasteiger partial charge in [-0.05, 0) is 57.0 Å². The van der Waals surface area contributed by atoms with Gasteiger partial charge in [0.2, 0.25) is 5.91 Å². The monoisotopic (exact) mass is 403 g/mol. The molecule has 1 aromatic carbocycles. The van der Waals surface area contributed by atoms with E-state index in [1.807, 2.05) is 19.9 Å². The van der Waals surface area contributed by atoms with Crippen LogP contribution in [0.5, 0.6) is 11.5 Å². The van der Waals surface area contributed by atoms with Crippen LogP contribution in [0.15, 0.2) is 24.3 Å². The third-order valence-corrected chi connectivity index (χ3v) is 5.13. The molecule has 1 heterocycles. The van der Waals surface area contributed by atoms with E-state index in [9.17, 15) is 9.59 Å². The maximum absolute atomic E-state index is 12.4. The predicted molar refractivity (Wildman–Crippen MR) is 112 cm³/mol. The minimum atomic E-state index is -0.434. The Labute approximate surface area is 169 Å². The van der Waals surface area contributed by atoms with Crippen molar-refractivity contribution in [2.45, 2.75) is 33.8 Å². The fourth-order valence-electron chi connectivity index (χ4n) is 2.52. The number of nitrogens with one attached hydrogen (secondary N) is 1. The molecule has 0 saturated heterocycles. The summed E-state index contributed by atoms with van der Waals surface area (Å²) in [6.45, 7) is 7.33. The fourth-order valence-corrected chi connectivity index (χ4v) is 3.57. The molecule has 0 atom stereocenters. The van der Waals surface area contributed by atoms with E-state index >= 15 is 0 Å². The van der Waals surface area contributed by atoms with Gasteiger partial charge in [-0.25, -0.2) is 4.79 Å². The second-order valence-electron chi connectivity index (χ2n) is 6.38. The molecule has 28 heavy (non-hydrogen) atoms. The molecule has 1 N–H and O–H groups in total. The molecule has 1 amide bonds. The second kappa shape index (κ2) is 9.41. The van der Waals surface area contributed by atoms with Crippen molar-refractivity contribution in [2.24, 2.45) is 0 Å². The van der Waals surface area contributed by atoms with Crippen molar-refractivity contribution in [3.63, 3.8) is 0 Å². The van der Waals surface area contributed by atoms with Crippen LogP contribution in [0.4, 0.5) is 5.00 Å². The molecule has 0 bridgehead atoms. The van der Waals surface area contributed by atoms with Gasteiger partial charge in [-0.2, -0.15) is 0 Å². The largest absolute Gasteiger partial charge is 0.493 e. The Morgan fingerprint density at radius 3 is 2.39 bits per heavy atom. The molecule has 0 aliphatic carbocycles. The molecule has 2 rings (SSSR count). The summed E-state index contributed by atoms with van der Waals surface area (Å²) in [5.74, 6) is 0.417. The second-order valence-corrected chi connectivity index (χ2v) is 7.60. The number of benzene rings is 1. The molecule has 0 fully saturated rings. The third kappa shape index (κ3) is 5.13. The number of amides is 1. The number of hydrogen-bond acceptors (Lipinski definition) is 6. The van der Waals surface area contributed by atoms with E-state index in [0.29, 0.717) is 22.1 Å². The Balaban J connectivity index is 2.18. The van der Waals surface area contributed by atoms with E-state index in [1.165, 1.54) is 17.4 Å². The molecular formula is C21H25NO5S. The highest BCUT2D eigenvalue weighted by Gasteiger charge is 2.22. The van der Waals surface area contributed by atoms with E-state index in [-0.39, 0.29) is 12.0 Å². The summed E-state index contributed by atoms with van der Waals surface area (Å²) in [5, 5.41) is 3.27. The Bertz CT molecular complexity index is 898. The van der Waals surface area contributed by atoms with Crippen molar-refractivity contribution in [1.29, 1.82) is 0 Å². The number of carbonyl (C=O) groups is 2. The average molecular weight is 404 g/mol. The van der Waals surface area contributed by atoms with Crippen LogP contribution in [0.2, 0.25) is 0 Å². The van der Waals surface area contributed by atoms with Crippen LogP contribution in [0.1, 0.15) is 40.2 Å². The van der Waals surface area contributed by atoms with Gasteiger partial charge in [0.05, 0.1) is 25.9 Å². The number of methoxy groups -OCH3 is 2. The SMILES string of the molecule is COc1ccc(C=CC(=O)Nc2sc(C)c(C)c2C(=O)OC(C)C)cc1OC. The number of hydrogen-bond donors (Lipinski definition) is 1. The molecular weight excluding hydrogens is 378 g/mol. The number of thiophene rings is 1. The van der Waals surface area contributed by atoms with Gasteiger partial charge in [-0.3, -0.25) is 4.79 Å². The van der Waals surface area contributed by atoms with Crippen molar-refractivity contribution in [3.8, 4) is 11.5 Å². The fraction of sp³-hybridized carbons (Fsp3) is 0.333. The average Bonchev–Trinajstić information content (AvgIpc) is 2.92. The smallest absolute Gasteiger partial charge is 0.341 e. The summed E-state index contributed by atoms with van der Waals surface area (Å²) in [5.41, 5.74) is 2.00. The first-order valence-corrected chi connectivity index (χ1v) is 9.60. The maximum Gasteiger partial charge on any atom is 0.341 e. The van der Waals surface area contributed by atoms with Crippen LogP contribution in [-0.4, -0.2) is 32.2 Å². The Morgan fingerprint density at radius 2 is 1.79 bits per heavy atom. The lowest BCUT2D eigenvalue weighted by Crippen LogP contribution is -2.15. The zero-order valence-corrected chi connectivity index (χ0v) is 17.7. The molecule has 6 nitrogen and oxygen atoms in total. The normalized spacial score (nSPS) is 11.0.